The predicted octanol–water partition coefficient (Wildman–Crippen LogP) is 3.50. The Morgan fingerprint density at radius 2 is 1.92 bits per heavy atom. The Morgan fingerprint density at radius 3 is 2.65 bits per heavy atom. The van der Waals surface area contributed by atoms with Gasteiger partial charge in [0.2, 0.25) is 0 Å². The summed E-state index contributed by atoms with van der Waals surface area (Å²) in [6, 6.07) is 14.2. The molecule has 1 unspecified atom stereocenters. The Labute approximate surface area is 153 Å². The highest BCUT2D eigenvalue weighted by Gasteiger charge is 2.22. The number of piperidine rings is 1. The second-order valence-corrected chi connectivity index (χ2v) is 7.05. The van der Waals surface area contributed by atoms with Crippen LogP contribution in [0, 0.1) is 6.92 Å². The lowest BCUT2D eigenvalue weighted by atomic mass is 10.0. The number of rotatable bonds is 3. The second kappa shape index (κ2) is 6.92. The molecule has 4 rings (SSSR count). The maximum Gasteiger partial charge on any atom is 0.159 e. The number of anilines is 1. The monoisotopic (exact) mass is 348 g/mol. The third-order valence-electron chi connectivity index (χ3n) is 5.23. The van der Waals surface area contributed by atoms with Crippen LogP contribution in [-0.2, 0) is 0 Å². The minimum Gasteiger partial charge on any atom is -0.507 e. The van der Waals surface area contributed by atoms with Gasteiger partial charge in [0.15, 0.2) is 5.82 Å². The fourth-order valence-corrected chi connectivity index (χ4v) is 3.73. The van der Waals surface area contributed by atoms with Crippen LogP contribution in [0.15, 0.2) is 42.5 Å². The van der Waals surface area contributed by atoms with E-state index in [1.165, 1.54) is 6.42 Å². The van der Waals surface area contributed by atoms with Gasteiger partial charge in [0.05, 0.1) is 0 Å². The molecule has 1 aliphatic rings. The van der Waals surface area contributed by atoms with Crippen LogP contribution < -0.4 is 10.2 Å². The average molecular weight is 348 g/mol. The fraction of sp³-hybridized carbons (Fsp3) is 0.333. The van der Waals surface area contributed by atoms with Crippen LogP contribution in [0.1, 0.15) is 18.4 Å². The molecule has 0 amide bonds. The quantitative estimate of drug-likeness (QED) is 0.759. The summed E-state index contributed by atoms with van der Waals surface area (Å²) in [5, 5.41) is 25.0. The molecule has 2 heterocycles. The number of benzene rings is 2. The SMILES string of the molecule is Cc1ccc(-c2nnc(N(C)C3CCCNC3)c3ccccc23)c(O)c1. The van der Waals surface area contributed by atoms with E-state index in [-0.39, 0.29) is 5.75 Å². The molecular formula is C21H24N4O. The zero-order valence-corrected chi connectivity index (χ0v) is 15.2. The summed E-state index contributed by atoms with van der Waals surface area (Å²) in [4.78, 5) is 2.24. The van der Waals surface area contributed by atoms with E-state index in [4.69, 9.17) is 0 Å². The summed E-state index contributed by atoms with van der Waals surface area (Å²) >= 11 is 0. The number of nitrogens with one attached hydrogen (secondary N) is 1. The van der Waals surface area contributed by atoms with Crippen molar-refractivity contribution >= 4 is 16.6 Å². The highest BCUT2D eigenvalue weighted by Crippen LogP contribution is 2.36. The number of hydrogen-bond acceptors (Lipinski definition) is 5. The first kappa shape index (κ1) is 16.8. The first-order chi connectivity index (χ1) is 12.6. The number of likely N-dealkylation sites (N-methyl/N-ethyl adjacent to an activating group) is 1. The van der Waals surface area contributed by atoms with Gasteiger partial charge in [0.25, 0.3) is 0 Å². The standard InChI is InChI=1S/C21H24N4O/c1-14-9-10-18(19(26)12-14)20-16-7-3-4-8-17(16)21(24-23-20)25(2)15-6-5-11-22-13-15/h3-4,7-10,12,15,22,26H,5-6,11,13H2,1-2H3. The Hall–Kier alpha value is -2.66. The molecule has 2 aromatic carbocycles. The van der Waals surface area contributed by atoms with Crippen LogP contribution in [0.5, 0.6) is 5.75 Å². The Bertz CT molecular complexity index is 934. The molecule has 1 aromatic heterocycles. The third kappa shape index (κ3) is 2.99. The van der Waals surface area contributed by atoms with Gasteiger partial charge in [-0.15, -0.1) is 10.2 Å². The highest BCUT2D eigenvalue weighted by molar-refractivity contribution is 6.01. The first-order valence-corrected chi connectivity index (χ1v) is 9.14. The summed E-state index contributed by atoms with van der Waals surface area (Å²) in [6.45, 7) is 4.01. The molecule has 5 heteroatoms. The zero-order valence-electron chi connectivity index (χ0n) is 15.2. The van der Waals surface area contributed by atoms with Crippen molar-refractivity contribution in [2.24, 2.45) is 0 Å². The summed E-state index contributed by atoms with van der Waals surface area (Å²) in [6.07, 6.45) is 2.33. The van der Waals surface area contributed by atoms with E-state index in [2.05, 4.69) is 39.6 Å². The number of fused-ring (bicyclic) bond motifs is 1. The highest BCUT2D eigenvalue weighted by atomic mass is 16.3. The van der Waals surface area contributed by atoms with Gasteiger partial charge < -0.3 is 15.3 Å². The lowest BCUT2D eigenvalue weighted by Crippen LogP contribution is -2.44. The molecular weight excluding hydrogens is 324 g/mol. The van der Waals surface area contributed by atoms with Gasteiger partial charge in [0, 0.05) is 36.0 Å². The van der Waals surface area contributed by atoms with E-state index in [0.29, 0.717) is 11.6 Å². The van der Waals surface area contributed by atoms with E-state index in [1.54, 1.807) is 6.07 Å². The zero-order chi connectivity index (χ0) is 18.1. The first-order valence-electron chi connectivity index (χ1n) is 9.14. The summed E-state index contributed by atoms with van der Waals surface area (Å²) in [7, 11) is 2.09. The van der Waals surface area contributed by atoms with Crippen molar-refractivity contribution in [1.82, 2.24) is 15.5 Å². The number of nitrogens with zero attached hydrogens (tertiary/aromatic N) is 3. The van der Waals surface area contributed by atoms with E-state index < -0.39 is 0 Å². The van der Waals surface area contributed by atoms with Crippen molar-refractivity contribution in [2.45, 2.75) is 25.8 Å². The maximum absolute atomic E-state index is 10.4. The molecule has 3 aromatic rings. The fourth-order valence-electron chi connectivity index (χ4n) is 3.73. The number of phenols is 1. The van der Waals surface area contributed by atoms with Gasteiger partial charge in [-0.25, -0.2) is 0 Å². The molecule has 5 nitrogen and oxygen atoms in total. The third-order valence-corrected chi connectivity index (χ3v) is 5.23. The number of aryl methyl sites for hydroxylation is 1. The molecule has 0 bridgehead atoms. The minimum atomic E-state index is 0.238. The normalized spacial score (nSPS) is 17.4. The van der Waals surface area contributed by atoms with Gasteiger partial charge >= 0.3 is 0 Å². The maximum atomic E-state index is 10.4. The molecule has 0 aliphatic carbocycles. The number of aromatic hydroxyl groups is 1. The van der Waals surface area contributed by atoms with E-state index in [9.17, 15) is 5.11 Å². The molecule has 1 aliphatic heterocycles. The van der Waals surface area contributed by atoms with Crippen LogP contribution >= 0.6 is 0 Å². The van der Waals surface area contributed by atoms with Gasteiger partial charge in [-0.3, -0.25) is 0 Å². The number of aromatic nitrogens is 2. The Morgan fingerprint density at radius 1 is 1.12 bits per heavy atom. The van der Waals surface area contributed by atoms with Gasteiger partial charge in [0.1, 0.15) is 11.4 Å². The lowest BCUT2D eigenvalue weighted by molar-refractivity contribution is 0.443. The molecule has 0 spiro atoms. The predicted molar refractivity (Wildman–Crippen MR) is 106 cm³/mol. The van der Waals surface area contributed by atoms with Crippen LogP contribution in [0.4, 0.5) is 5.82 Å². The van der Waals surface area contributed by atoms with E-state index in [0.717, 1.165) is 47.4 Å². The molecule has 0 saturated carbocycles. The molecule has 26 heavy (non-hydrogen) atoms. The van der Waals surface area contributed by atoms with Crippen LogP contribution in [-0.4, -0.2) is 41.5 Å². The summed E-state index contributed by atoms with van der Waals surface area (Å²) in [5.74, 6) is 1.13. The lowest BCUT2D eigenvalue weighted by Gasteiger charge is -2.33. The molecule has 0 radical (unpaired) electrons. The molecule has 1 saturated heterocycles. The molecule has 1 fully saturated rings. The Kier molecular flexibility index (Phi) is 4.47. The van der Waals surface area contributed by atoms with Gasteiger partial charge in [-0.1, -0.05) is 30.3 Å². The number of phenolic OH excluding ortho intramolecular Hbond substituents is 1. The topological polar surface area (TPSA) is 61.3 Å². The largest absolute Gasteiger partial charge is 0.507 e. The number of hydrogen-bond donors (Lipinski definition) is 2. The Balaban J connectivity index is 1.83. The van der Waals surface area contributed by atoms with Crippen molar-refractivity contribution in [2.75, 3.05) is 25.0 Å². The van der Waals surface area contributed by atoms with E-state index >= 15 is 0 Å². The second-order valence-electron chi connectivity index (χ2n) is 7.05. The van der Waals surface area contributed by atoms with Crippen LogP contribution in [0.2, 0.25) is 0 Å². The molecule has 1 atom stereocenters. The van der Waals surface area contributed by atoms with E-state index in [1.807, 2.05) is 31.2 Å². The van der Waals surface area contributed by atoms with Crippen molar-refractivity contribution in [3.05, 3.63) is 48.0 Å². The molecule has 2 N–H and O–H groups in total. The van der Waals surface area contributed by atoms with Crippen LogP contribution in [0.3, 0.4) is 0 Å². The van der Waals surface area contributed by atoms with Crippen molar-refractivity contribution < 1.29 is 5.11 Å². The molecule has 134 valence electrons. The summed E-state index contributed by atoms with van der Waals surface area (Å²) < 4.78 is 0. The summed E-state index contributed by atoms with van der Waals surface area (Å²) in [5.41, 5.74) is 2.45. The van der Waals surface area contributed by atoms with Crippen molar-refractivity contribution in [3.63, 3.8) is 0 Å². The minimum absolute atomic E-state index is 0.238. The average Bonchev–Trinajstić information content (AvgIpc) is 2.68. The smallest absolute Gasteiger partial charge is 0.159 e. The van der Waals surface area contributed by atoms with Crippen LogP contribution in [0.25, 0.3) is 22.0 Å². The van der Waals surface area contributed by atoms with Gasteiger partial charge in [-0.05, 0) is 44.0 Å². The van der Waals surface area contributed by atoms with Gasteiger partial charge in [-0.2, -0.15) is 0 Å². The van der Waals surface area contributed by atoms with Crippen molar-refractivity contribution in [3.8, 4) is 17.0 Å². The van der Waals surface area contributed by atoms with Crippen molar-refractivity contribution in [1.29, 1.82) is 0 Å².